The second kappa shape index (κ2) is 10.9. The fourth-order valence-electron chi connectivity index (χ4n) is 3.23. The van der Waals surface area contributed by atoms with E-state index in [1.165, 1.54) is 17.0 Å². The van der Waals surface area contributed by atoms with Crippen molar-refractivity contribution in [3.63, 3.8) is 0 Å². The van der Waals surface area contributed by atoms with Crippen molar-refractivity contribution < 1.29 is 18.7 Å². The minimum absolute atomic E-state index is 0.133. The smallest absolute Gasteiger partial charge is 0.261 e. The van der Waals surface area contributed by atoms with Gasteiger partial charge >= 0.3 is 0 Å². The van der Waals surface area contributed by atoms with Crippen molar-refractivity contribution >= 4 is 11.8 Å². The first-order valence-corrected chi connectivity index (χ1v) is 10.1. The number of halogens is 1. The quantitative estimate of drug-likeness (QED) is 0.567. The van der Waals surface area contributed by atoms with E-state index in [2.05, 4.69) is 5.32 Å². The van der Waals surface area contributed by atoms with Crippen LogP contribution < -0.4 is 10.1 Å². The number of ether oxygens (including phenoxy) is 1. The van der Waals surface area contributed by atoms with Crippen LogP contribution in [0.4, 0.5) is 4.39 Å². The molecule has 0 saturated heterocycles. The summed E-state index contributed by atoms with van der Waals surface area (Å²) in [6, 6.07) is 23.2. The maximum atomic E-state index is 13.4. The molecular weight excluding hydrogens is 395 g/mol. The van der Waals surface area contributed by atoms with Crippen LogP contribution in [0.5, 0.6) is 5.75 Å². The molecule has 1 atom stereocenters. The minimum atomic E-state index is -0.849. The van der Waals surface area contributed by atoms with E-state index in [-0.39, 0.29) is 30.8 Å². The number of carbonyl (C=O) groups excluding carboxylic acids is 2. The van der Waals surface area contributed by atoms with E-state index in [4.69, 9.17) is 4.74 Å². The summed E-state index contributed by atoms with van der Waals surface area (Å²) in [5, 5.41) is 2.81. The fourth-order valence-corrected chi connectivity index (χ4v) is 3.23. The Kier molecular flexibility index (Phi) is 7.76. The number of amides is 2. The van der Waals surface area contributed by atoms with Gasteiger partial charge < -0.3 is 15.0 Å². The predicted octanol–water partition coefficient (Wildman–Crippen LogP) is 4.11. The van der Waals surface area contributed by atoms with Crippen LogP contribution in [0.25, 0.3) is 0 Å². The number of carbonyl (C=O) groups is 2. The highest BCUT2D eigenvalue weighted by atomic mass is 19.1. The van der Waals surface area contributed by atoms with Crippen LogP contribution >= 0.6 is 0 Å². The Bertz CT molecular complexity index is 979. The third-order valence-electron chi connectivity index (χ3n) is 4.72. The van der Waals surface area contributed by atoms with Gasteiger partial charge in [-0.1, -0.05) is 60.7 Å². The van der Waals surface area contributed by atoms with Crippen molar-refractivity contribution in [2.24, 2.45) is 0 Å². The number of nitrogens with one attached hydrogen (secondary N) is 1. The van der Waals surface area contributed by atoms with Crippen LogP contribution in [-0.2, 0) is 16.1 Å². The van der Waals surface area contributed by atoms with E-state index in [0.29, 0.717) is 23.4 Å². The third-order valence-corrected chi connectivity index (χ3v) is 4.72. The maximum absolute atomic E-state index is 13.4. The van der Waals surface area contributed by atoms with E-state index >= 15 is 0 Å². The highest BCUT2D eigenvalue weighted by Gasteiger charge is 2.31. The van der Waals surface area contributed by atoms with Crippen molar-refractivity contribution in [2.75, 3.05) is 13.2 Å². The third kappa shape index (κ3) is 6.15. The van der Waals surface area contributed by atoms with E-state index in [9.17, 15) is 14.0 Å². The summed E-state index contributed by atoms with van der Waals surface area (Å²) in [7, 11) is 0. The van der Waals surface area contributed by atoms with E-state index in [1.54, 1.807) is 24.3 Å². The van der Waals surface area contributed by atoms with Gasteiger partial charge in [0, 0.05) is 13.1 Å². The van der Waals surface area contributed by atoms with E-state index in [0.717, 1.165) is 0 Å². The molecule has 5 nitrogen and oxygen atoms in total. The monoisotopic (exact) mass is 420 g/mol. The summed E-state index contributed by atoms with van der Waals surface area (Å²) in [6.07, 6.45) is 0. The molecule has 3 rings (SSSR count). The SMILES string of the molecule is CCNC(=O)C(c1ccccc1)N(Cc1ccc(F)cc1)C(=O)COc1ccccc1. The number of benzene rings is 3. The number of hydrogen-bond donors (Lipinski definition) is 1. The zero-order chi connectivity index (χ0) is 22.1. The van der Waals surface area contributed by atoms with Crippen LogP contribution in [0.1, 0.15) is 24.1 Å². The summed E-state index contributed by atoms with van der Waals surface area (Å²) in [5.74, 6) is -0.443. The molecule has 0 saturated carbocycles. The molecule has 0 aliphatic carbocycles. The number of rotatable bonds is 9. The highest BCUT2D eigenvalue weighted by molar-refractivity contribution is 5.89. The largest absolute Gasteiger partial charge is 0.484 e. The summed E-state index contributed by atoms with van der Waals surface area (Å²) in [6.45, 7) is 2.16. The molecule has 6 heteroatoms. The van der Waals surface area contributed by atoms with Crippen LogP contribution in [0, 0.1) is 5.82 Å². The Morgan fingerprint density at radius 3 is 2.16 bits per heavy atom. The molecule has 31 heavy (non-hydrogen) atoms. The Labute approximate surface area is 181 Å². The van der Waals surface area contributed by atoms with Gasteiger partial charge in [0.2, 0.25) is 5.91 Å². The lowest BCUT2D eigenvalue weighted by Crippen LogP contribution is -2.45. The van der Waals surface area contributed by atoms with Crippen LogP contribution in [0.15, 0.2) is 84.9 Å². The van der Waals surface area contributed by atoms with Gasteiger partial charge in [0.05, 0.1) is 0 Å². The fraction of sp³-hybridized carbons (Fsp3) is 0.200. The Morgan fingerprint density at radius 1 is 0.935 bits per heavy atom. The number of para-hydroxylation sites is 1. The van der Waals surface area contributed by atoms with Gasteiger partial charge in [0.25, 0.3) is 5.91 Å². The molecule has 3 aromatic carbocycles. The molecule has 1 unspecified atom stereocenters. The zero-order valence-corrected chi connectivity index (χ0v) is 17.3. The molecule has 0 bridgehead atoms. The lowest BCUT2D eigenvalue weighted by Gasteiger charge is -2.31. The lowest BCUT2D eigenvalue weighted by atomic mass is 10.0. The second-order valence-corrected chi connectivity index (χ2v) is 6.96. The molecule has 2 amide bonds. The Balaban J connectivity index is 1.91. The molecule has 0 aliphatic rings. The van der Waals surface area contributed by atoms with Gasteiger partial charge in [-0.05, 0) is 42.3 Å². The normalized spacial score (nSPS) is 11.4. The first kappa shape index (κ1) is 22.0. The molecule has 0 spiro atoms. The predicted molar refractivity (Wildman–Crippen MR) is 117 cm³/mol. The first-order chi connectivity index (χ1) is 15.1. The molecule has 0 heterocycles. The summed E-state index contributed by atoms with van der Waals surface area (Å²) < 4.78 is 19.0. The van der Waals surface area contributed by atoms with Crippen LogP contribution in [-0.4, -0.2) is 29.9 Å². The van der Waals surface area contributed by atoms with Gasteiger partial charge in [-0.3, -0.25) is 9.59 Å². The van der Waals surface area contributed by atoms with Crippen molar-refractivity contribution in [1.29, 1.82) is 0 Å². The highest BCUT2D eigenvalue weighted by Crippen LogP contribution is 2.24. The van der Waals surface area contributed by atoms with Gasteiger partial charge in [0.15, 0.2) is 6.61 Å². The number of nitrogens with zero attached hydrogens (tertiary/aromatic N) is 1. The standard InChI is InChI=1S/C25H25FN2O3/c1-2-27-25(30)24(20-9-5-3-6-10-20)28(17-19-13-15-21(26)16-14-19)23(29)18-31-22-11-7-4-8-12-22/h3-16,24H,2,17-18H2,1H3,(H,27,30). The average molecular weight is 420 g/mol. The van der Waals surface area contributed by atoms with Crippen LogP contribution in [0.3, 0.4) is 0 Å². The summed E-state index contributed by atoms with van der Waals surface area (Å²) in [4.78, 5) is 27.7. The summed E-state index contributed by atoms with van der Waals surface area (Å²) in [5.41, 5.74) is 1.39. The Morgan fingerprint density at radius 2 is 1.55 bits per heavy atom. The number of likely N-dealkylation sites (N-methyl/N-ethyl adjacent to an activating group) is 1. The van der Waals surface area contributed by atoms with E-state index in [1.807, 2.05) is 55.5 Å². The van der Waals surface area contributed by atoms with Crippen molar-refractivity contribution in [3.8, 4) is 5.75 Å². The topological polar surface area (TPSA) is 58.6 Å². The summed E-state index contributed by atoms with van der Waals surface area (Å²) >= 11 is 0. The van der Waals surface area contributed by atoms with Crippen LogP contribution in [0.2, 0.25) is 0 Å². The average Bonchev–Trinajstić information content (AvgIpc) is 2.80. The molecule has 0 aromatic heterocycles. The maximum Gasteiger partial charge on any atom is 0.261 e. The molecule has 1 N–H and O–H groups in total. The minimum Gasteiger partial charge on any atom is -0.484 e. The molecule has 0 radical (unpaired) electrons. The molecular formula is C25H25FN2O3. The van der Waals surface area contributed by atoms with Gasteiger partial charge in [-0.2, -0.15) is 0 Å². The first-order valence-electron chi connectivity index (χ1n) is 10.1. The van der Waals surface area contributed by atoms with Crippen molar-refractivity contribution in [1.82, 2.24) is 10.2 Å². The molecule has 160 valence electrons. The molecule has 3 aromatic rings. The van der Waals surface area contributed by atoms with Gasteiger partial charge in [-0.25, -0.2) is 4.39 Å². The van der Waals surface area contributed by atoms with Gasteiger partial charge in [-0.15, -0.1) is 0 Å². The molecule has 0 fully saturated rings. The van der Waals surface area contributed by atoms with E-state index < -0.39 is 6.04 Å². The Hall–Kier alpha value is -3.67. The zero-order valence-electron chi connectivity index (χ0n) is 17.3. The van der Waals surface area contributed by atoms with Gasteiger partial charge in [0.1, 0.15) is 17.6 Å². The second-order valence-electron chi connectivity index (χ2n) is 6.96. The number of hydrogen-bond acceptors (Lipinski definition) is 3. The lowest BCUT2D eigenvalue weighted by molar-refractivity contribution is -0.143. The molecule has 0 aliphatic heterocycles. The van der Waals surface area contributed by atoms with Crippen molar-refractivity contribution in [2.45, 2.75) is 19.5 Å². The van der Waals surface area contributed by atoms with Crippen molar-refractivity contribution in [3.05, 3.63) is 102 Å².